The molecular weight excluding hydrogens is 605 g/mol. The third kappa shape index (κ3) is 5.03. The maximum absolute atomic E-state index is 16.9. The van der Waals surface area contributed by atoms with Crippen LogP contribution in [0, 0.1) is 40.7 Å². The average Bonchev–Trinajstić information content (AvgIpc) is 3.42. The van der Waals surface area contributed by atoms with Crippen molar-refractivity contribution in [2.75, 3.05) is 37.7 Å². The molecule has 4 aliphatic heterocycles. The van der Waals surface area contributed by atoms with Gasteiger partial charge >= 0.3 is 6.01 Å². The summed E-state index contributed by atoms with van der Waals surface area (Å²) in [4.78, 5) is 18.3. The van der Waals surface area contributed by atoms with Crippen molar-refractivity contribution in [1.82, 2.24) is 19.9 Å². The maximum atomic E-state index is 16.9. The molecule has 2 aromatic heterocycles. The van der Waals surface area contributed by atoms with Crippen LogP contribution in [0.25, 0.3) is 32.9 Å². The summed E-state index contributed by atoms with van der Waals surface area (Å²) in [6.07, 6.45) is 5.92. The second-order valence-corrected chi connectivity index (χ2v) is 13.9. The van der Waals surface area contributed by atoms with Crippen LogP contribution in [0.5, 0.6) is 11.8 Å². The van der Waals surface area contributed by atoms with Crippen molar-refractivity contribution in [3.8, 4) is 29.1 Å². The van der Waals surface area contributed by atoms with Gasteiger partial charge < -0.3 is 14.7 Å². The van der Waals surface area contributed by atoms with Crippen LogP contribution in [0.15, 0.2) is 30.5 Å². The molecule has 11 heteroatoms. The summed E-state index contributed by atoms with van der Waals surface area (Å²) in [5.41, 5.74) is 0.170. The number of aromatic nitrogens is 3. The van der Waals surface area contributed by atoms with Crippen molar-refractivity contribution in [1.29, 1.82) is 5.26 Å². The Labute approximate surface area is 271 Å². The molecule has 6 heterocycles. The van der Waals surface area contributed by atoms with Gasteiger partial charge in [-0.3, -0.25) is 9.88 Å². The number of hydrogen-bond donors (Lipinski definition) is 1. The minimum atomic E-state index is -0.923. The van der Waals surface area contributed by atoms with E-state index in [9.17, 15) is 19.1 Å². The highest BCUT2D eigenvalue weighted by Gasteiger charge is 2.49. The molecule has 5 fully saturated rings. The number of benzene rings is 2. The molecule has 5 aliphatic rings. The van der Waals surface area contributed by atoms with Gasteiger partial charge in [-0.2, -0.15) is 15.2 Å². The predicted octanol–water partition coefficient (Wildman–Crippen LogP) is 6.72. The Kier molecular flexibility index (Phi) is 7.39. The standard InChI is InChI=1S/C36H37F3N6O2/c1-2-26-29(38)7-6-21-11-25(46)12-27(30(21)26)32-31(39)33-28(15-41-32)34(44-16-20-4-5-22(17-44)23(10-20)14-40)43-35(42-33)47-19-36-8-3-9-45(36)18-24(37)13-36/h6-7,11-12,15,20,22-24,46H,2-5,8-10,13,16-19H2,1H3/t20?,22?,23?,24-,36+/m1/s1. The molecule has 1 N–H and O–H groups in total. The second kappa shape index (κ2) is 11.5. The number of fused-ring (bicyclic) bond motifs is 7. The first kappa shape index (κ1) is 30.2. The monoisotopic (exact) mass is 642 g/mol. The molecule has 0 spiro atoms. The molecule has 2 bridgehead atoms. The number of aryl methyl sites for hydroxylation is 1. The summed E-state index contributed by atoms with van der Waals surface area (Å²) < 4.78 is 52.8. The zero-order valence-electron chi connectivity index (χ0n) is 26.4. The Balaban J connectivity index is 1.28. The number of rotatable bonds is 6. The Morgan fingerprint density at radius 2 is 2.02 bits per heavy atom. The van der Waals surface area contributed by atoms with Crippen molar-refractivity contribution in [3.05, 3.63) is 47.7 Å². The minimum absolute atomic E-state index is 0.00145. The van der Waals surface area contributed by atoms with Crippen LogP contribution >= 0.6 is 0 Å². The zero-order chi connectivity index (χ0) is 32.4. The molecule has 244 valence electrons. The summed E-state index contributed by atoms with van der Waals surface area (Å²) in [6, 6.07) is 8.36. The van der Waals surface area contributed by atoms with Crippen LogP contribution in [-0.4, -0.2) is 69.5 Å². The molecule has 5 atom stereocenters. The lowest BCUT2D eigenvalue weighted by Gasteiger charge is -2.31. The Morgan fingerprint density at radius 3 is 2.85 bits per heavy atom. The summed E-state index contributed by atoms with van der Waals surface area (Å²) in [5, 5.41) is 21.9. The summed E-state index contributed by atoms with van der Waals surface area (Å²) in [7, 11) is 0. The number of alkyl halides is 1. The molecule has 0 amide bonds. The Hall–Kier alpha value is -4.17. The van der Waals surface area contributed by atoms with Crippen LogP contribution < -0.4 is 9.64 Å². The van der Waals surface area contributed by atoms with E-state index in [0.29, 0.717) is 65.9 Å². The van der Waals surface area contributed by atoms with Gasteiger partial charge in [-0.15, -0.1) is 0 Å². The highest BCUT2D eigenvalue weighted by atomic mass is 19.1. The van der Waals surface area contributed by atoms with E-state index in [1.807, 2.05) is 6.92 Å². The number of pyridine rings is 1. The molecule has 8 nitrogen and oxygen atoms in total. The lowest BCUT2D eigenvalue weighted by molar-refractivity contribution is 0.107. The third-order valence-electron chi connectivity index (χ3n) is 11.1. The van der Waals surface area contributed by atoms with E-state index in [1.54, 1.807) is 12.3 Å². The van der Waals surface area contributed by atoms with Crippen molar-refractivity contribution in [2.45, 2.75) is 63.6 Å². The minimum Gasteiger partial charge on any atom is -0.508 e. The van der Waals surface area contributed by atoms with Gasteiger partial charge in [-0.05, 0) is 91.4 Å². The molecule has 4 aromatic rings. The van der Waals surface area contributed by atoms with Crippen molar-refractivity contribution in [3.63, 3.8) is 0 Å². The van der Waals surface area contributed by atoms with E-state index < -0.39 is 23.3 Å². The fourth-order valence-electron chi connectivity index (χ4n) is 8.90. The number of anilines is 1. The highest BCUT2D eigenvalue weighted by Crippen LogP contribution is 2.44. The number of phenols is 1. The quantitative estimate of drug-likeness (QED) is 0.248. The van der Waals surface area contributed by atoms with E-state index in [1.165, 1.54) is 18.2 Å². The fraction of sp³-hybridized carbons (Fsp3) is 0.500. The van der Waals surface area contributed by atoms with Gasteiger partial charge in [0, 0.05) is 37.8 Å². The van der Waals surface area contributed by atoms with E-state index in [0.717, 1.165) is 38.6 Å². The lowest BCUT2D eigenvalue weighted by Crippen LogP contribution is -2.43. The second-order valence-electron chi connectivity index (χ2n) is 13.9. The lowest BCUT2D eigenvalue weighted by atomic mass is 9.76. The third-order valence-corrected chi connectivity index (χ3v) is 11.1. The first-order chi connectivity index (χ1) is 22.8. The van der Waals surface area contributed by atoms with E-state index in [-0.39, 0.29) is 47.0 Å². The first-order valence-electron chi connectivity index (χ1n) is 16.7. The predicted molar refractivity (Wildman–Crippen MR) is 172 cm³/mol. The first-order valence-corrected chi connectivity index (χ1v) is 16.7. The molecule has 1 aliphatic carbocycles. The van der Waals surface area contributed by atoms with Crippen LogP contribution in [-0.2, 0) is 6.42 Å². The number of nitrogens with zero attached hydrogens (tertiary/aromatic N) is 6. The number of aromatic hydroxyl groups is 1. The number of nitriles is 1. The number of phenolic OH excluding ortho intramolecular Hbond substituents is 1. The van der Waals surface area contributed by atoms with Gasteiger partial charge in [0.2, 0.25) is 0 Å². The summed E-state index contributed by atoms with van der Waals surface area (Å²) in [6.45, 7) is 4.48. The van der Waals surface area contributed by atoms with Crippen LogP contribution in [0.4, 0.5) is 19.0 Å². The average molecular weight is 643 g/mol. The summed E-state index contributed by atoms with van der Waals surface area (Å²) >= 11 is 0. The molecule has 4 saturated heterocycles. The van der Waals surface area contributed by atoms with Crippen LogP contribution in [0.2, 0.25) is 0 Å². The van der Waals surface area contributed by atoms with Gasteiger partial charge in [0.15, 0.2) is 5.82 Å². The number of ether oxygens (including phenoxy) is 1. The molecule has 3 unspecified atom stereocenters. The molecular formula is C36H37F3N6O2. The van der Waals surface area contributed by atoms with E-state index in [4.69, 9.17) is 9.72 Å². The van der Waals surface area contributed by atoms with Gasteiger partial charge in [0.05, 0.1) is 22.9 Å². The van der Waals surface area contributed by atoms with Gasteiger partial charge in [-0.25, -0.2) is 13.2 Å². The van der Waals surface area contributed by atoms with Crippen molar-refractivity contribution < 1.29 is 23.0 Å². The summed E-state index contributed by atoms with van der Waals surface area (Å²) in [5.74, 6) is -0.316. The Morgan fingerprint density at radius 1 is 1.15 bits per heavy atom. The number of hydrogen-bond acceptors (Lipinski definition) is 8. The normalized spacial score (nSPS) is 27.3. The van der Waals surface area contributed by atoms with Crippen LogP contribution in [0.1, 0.15) is 51.0 Å². The van der Waals surface area contributed by atoms with Crippen molar-refractivity contribution >= 4 is 27.5 Å². The van der Waals surface area contributed by atoms with E-state index in [2.05, 4.69) is 25.8 Å². The number of halogens is 3. The molecule has 9 rings (SSSR count). The Bertz CT molecular complexity index is 1930. The van der Waals surface area contributed by atoms with E-state index >= 15 is 4.39 Å². The zero-order valence-corrected chi connectivity index (χ0v) is 26.4. The maximum Gasteiger partial charge on any atom is 0.319 e. The van der Waals surface area contributed by atoms with Gasteiger partial charge in [0.1, 0.15) is 41.4 Å². The molecule has 47 heavy (non-hydrogen) atoms. The SMILES string of the molecule is CCc1c(F)ccc2cc(O)cc(-c3ncc4c(N5CC6CCC(C5)C(C#N)C6)nc(OC[C@@]56CCCN5C[C@H](F)C6)nc4c3F)c12. The van der Waals surface area contributed by atoms with Crippen molar-refractivity contribution in [2.24, 2.45) is 17.8 Å². The molecule has 1 saturated carbocycles. The topological polar surface area (TPSA) is 98.4 Å². The molecule has 2 aromatic carbocycles. The smallest absolute Gasteiger partial charge is 0.319 e. The van der Waals surface area contributed by atoms with Gasteiger partial charge in [0.25, 0.3) is 0 Å². The fourth-order valence-corrected chi connectivity index (χ4v) is 8.90. The van der Waals surface area contributed by atoms with Gasteiger partial charge in [-0.1, -0.05) is 13.0 Å². The highest BCUT2D eigenvalue weighted by molar-refractivity contribution is 6.01. The van der Waals surface area contributed by atoms with Crippen LogP contribution in [0.3, 0.4) is 0 Å². The molecule has 0 radical (unpaired) electrons. The largest absolute Gasteiger partial charge is 0.508 e.